The normalized spacial score (nSPS) is 24.2. The minimum absolute atomic E-state index is 0.156. The number of hydrogen-bond donors (Lipinski definition) is 1. The van der Waals surface area contributed by atoms with Gasteiger partial charge in [-0.05, 0) is 32.6 Å². The van der Waals surface area contributed by atoms with Gasteiger partial charge in [0, 0.05) is 12.6 Å². The lowest BCUT2D eigenvalue weighted by molar-refractivity contribution is 0.0204. The lowest BCUT2D eigenvalue weighted by Crippen LogP contribution is -2.33. The van der Waals surface area contributed by atoms with Gasteiger partial charge in [0.05, 0.1) is 6.10 Å². The molecule has 2 atom stereocenters. The Morgan fingerprint density at radius 2 is 1.85 bits per heavy atom. The van der Waals surface area contributed by atoms with Crippen molar-refractivity contribution in [3.63, 3.8) is 0 Å². The molecule has 0 spiro atoms. The molecule has 2 N–H and O–H groups in total. The van der Waals surface area contributed by atoms with Crippen molar-refractivity contribution in [3.8, 4) is 0 Å². The summed E-state index contributed by atoms with van der Waals surface area (Å²) >= 11 is 0. The summed E-state index contributed by atoms with van der Waals surface area (Å²) < 4.78 is 5.72. The molecule has 0 aromatic heterocycles. The van der Waals surface area contributed by atoms with Crippen molar-refractivity contribution in [2.45, 2.75) is 58.1 Å². The molecule has 1 saturated carbocycles. The van der Waals surface area contributed by atoms with E-state index in [9.17, 15) is 0 Å². The van der Waals surface area contributed by atoms with Crippen LogP contribution in [0.15, 0.2) is 0 Å². The molecule has 0 aromatic rings. The van der Waals surface area contributed by atoms with Crippen molar-refractivity contribution in [2.75, 3.05) is 6.61 Å². The Morgan fingerprint density at radius 3 is 2.38 bits per heavy atom. The van der Waals surface area contributed by atoms with Gasteiger partial charge in [-0.2, -0.15) is 0 Å². The first kappa shape index (κ1) is 11.0. The van der Waals surface area contributed by atoms with E-state index in [0.717, 1.165) is 12.5 Å². The van der Waals surface area contributed by atoms with E-state index < -0.39 is 0 Å². The van der Waals surface area contributed by atoms with Crippen LogP contribution >= 0.6 is 0 Å². The molecule has 0 bridgehead atoms. The van der Waals surface area contributed by atoms with Crippen LogP contribution in [0, 0.1) is 5.92 Å². The molecule has 0 amide bonds. The quantitative estimate of drug-likeness (QED) is 0.729. The largest absolute Gasteiger partial charge is 0.377 e. The highest BCUT2D eigenvalue weighted by Gasteiger charge is 2.15. The SMILES string of the molecule is CC(OCC1CCCCC1)[C@@H](C)N. The molecule has 78 valence electrons. The van der Waals surface area contributed by atoms with Gasteiger partial charge in [-0.3, -0.25) is 0 Å². The Morgan fingerprint density at radius 1 is 1.23 bits per heavy atom. The maximum atomic E-state index is 5.73. The summed E-state index contributed by atoms with van der Waals surface area (Å²) in [7, 11) is 0. The van der Waals surface area contributed by atoms with Crippen LogP contribution in [0.3, 0.4) is 0 Å². The molecular formula is C11H23NO. The molecule has 0 aliphatic heterocycles. The Kier molecular flexibility index (Phi) is 4.74. The monoisotopic (exact) mass is 185 g/mol. The number of hydrogen-bond acceptors (Lipinski definition) is 2. The summed E-state index contributed by atoms with van der Waals surface area (Å²) in [4.78, 5) is 0. The molecule has 1 aliphatic carbocycles. The van der Waals surface area contributed by atoms with Crippen molar-refractivity contribution in [1.29, 1.82) is 0 Å². The van der Waals surface area contributed by atoms with Crippen molar-refractivity contribution in [2.24, 2.45) is 11.7 Å². The number of ether oxygens (including phenoxy) is 1. The molecule has 1 rings (SSSR count). The summed E-state index contributed by atoms with van der Waals surface area (Å²) in [5.74, 6) is 0.801. The van der Waals surface area contributed by atoms with Gasteiger partial charge in [-0.25, -0.2) is 0 Å². The van der Waals surface area contributed by atoms with E-state index in [0.29, 0.717) is 0 Å². The van der Waals surface area contributed by atoms with E-state index in [1.165, 1.54) is 32.1 Å². The van der Waals surface area contributed by atoms with E-state index in [1.54, 1.807) is 0 Å². The van der Waals surface area contributed by atoms with Crippen LogP contribution < -0.4 is 5.73 Å². The van der Waals surface area contributed by atoms with Crippen LogP contribution in [0.4, 0.5) is 0 Å². The van der Waals surface area contributed by atoms with E-state index in [2.05, 4.69) is 6.92 Å². The van der Waals surface area contributed by atoms with Gasteiger partial charge in [0.25, 0.3) is 0 Å². The third kappa shape index (κ3) is 4.10. The van der Waals surface area contributed by atoms with Gasteiger partial charge in [0.1, 0.15) is 0 Å². The van der Waals surface area contributed by atoms with Gasteiger partial charge in [0.15, 0.2) is 0 Å². The highest BCUT2D eigenvalue weighted by molar-refractivity contribution is 4.67. The smallest absolute Gasteiger partial charge is 0.0695 e. The second kappa shape index (κ2) is 5.61. The average molecular weight is 185 g/mol. The zero-order valence-corrected chi connectivity index (χ0v) is 8.96. The summed E-state index contributed by atoms with van der Waals surface area (Å²) in [5, 5.41) is 0. The van der Waals surface area contributed by atoms with Crippen LogP contribution in [0.2, 0.25) is 0 Å². The third-order valence-corrected chi connectivity index (χ3v) is 3.06. The summed E-state index contributed by atoms with van der Waals surface area (Å²) in [5.41, 5.74) is 5.73. The molecular weight excluding hydrogens is 162 g/mol. The maximum absolute atomic E-state index is 5.73. The van der Waals surface area contributed by atoms with Crippen molar-refractivity contribution < 1.29 is 4.74 Å². The minimum atomic E-state index is 0.156. The maximum Gasteiger partial charge on any atom is 0.0695 e. The standard InChI is InChI=1S/C11H23NO/c1-9(12)10(2)13-8-11-6-4-3-5-7-11/h9-11H,3-8,12H2,1-2H3/t9-,10?/m1/s1. The van der Waals surface area contributed by atoms with Crippen LogP contribution in [-0.4, -0.2) is 18.8 Å². The first-order chi connectivity index (χ1) is 6.20. The third-order valence-electron chi connectivity index (χ3n) is 3.06. The predicted molar refractivity (Wildman–Crippen MR) is 55.6 cm³/mol. The van der Waals surface area contributed by atoms with Gasteiger partial charge >= 0.3 is 0 Å². The second-order valence-corrected chi connectivity index (χ2v) is 4.40. The van der Waals surface area contributed by atoms with Gasteiger partial charge in [-0.15, -0.1) is 0 Å². The molecule has 13 heavy (non-hydrogen) atoms. The first-order valence-corrected chi connectivity index (χ1v) is 5.57. The van der Waals surface area contributed by atoms with Crippen LogP contribution in [0.1, 0.15) is 46.0 Å². The van der Waals surface area contributed by atoms with Crippen molar-refractivity contribution in [1.82, 2.24) is 0 Å². The topological polar surface area (TPSA) is 35.2 Å². The fourth-order valence-electron chi connectivity index (χ4n) is 1.79. The lowest BCUT2D eigenvalue weighted by Gasteiger charge is -2.24. The molecule has 0 saturated heterocycles. The molecule has 0 radical (unpaired) electrons. The zero-order valence-electron chi connectivity index (χ0n) is 8.96. The summed E-state index contributed by atoms with van der Waals surface area (Å²) in [6.45, 7) is 4.99. The predicted octanol–water partition coefficient (Wildman–Crippen LogP) is 2.32. The first-order valence-electron chi connectivity index (χ1n) is 5.57. The summed E-state index contributed by atoms with van der Waals surface area (Å²) in [6, 6.07) is 0.156. The molecule has 1 aliphatic rings. The molecule has 1 fully saturated rings. The lowest BCUT2D eigenvalue weighted by atomic mass is 9.90. The van der Waals surface area contributed by atoms with E-state index >= 15 is 0 Å². The Hall–Kier alpha value is -0.0800. The molecule has 1 unspecified atom stereocenters. The molecule has 0 heterocycles. The van der Waals surface area contributed by atoms with E-state index in [-0.39, 0.29) is 12.1 Å². The minimum Gasteiger partial charge on any atom is -0.377 e. The molecule has 2 nitrogen and oxygen atoms in total. The Bertz CT molecular complexity index is 130. The second-order valence-electron chi connectivity index (χ2n) is 4.40. The van der Waals surface area contributed by atoms with Gasteiger partial charge in [-0.1, -0.05) is 19.3 Å². The van der Waals surface area contributed by atoms with Crippen LogP contribution in [0.5, 0.6) is 0 Å². The highest BCUT2D eigenvalue weighted by Crippen LogP contribution is 2.24. The van der Waals surface area contributed by atoms with E-state index in [4.69, 9.17) is 10.5 Å². The fourth-order valence-corrected chi connectivity index (χ4v) is 1.79. The Balaban J connectivity index is 2.10. The number of rotatable bonds is 4. The highest BCUT2D eigenvalue weighted by atomic mass is 16.5. The van der Waals surface area contributed by atoms with Crippen LogP contribution in [-0.2, 0) is 4.74 Å². The van der Waals surface area contributed by atoms with E-state index in [1.807, 2.05) is 6.92 Å². The summed E-state index contributed by atoms with van der Waals surface area (Å²) in [6.07, 6.45) is 7.11. The number of nitrogens with two attached hydrogens (primary N) is 1. The average Bonchev–Trinajstić information content (AvgIpc) is 2.15. The van der Waals surface area contributed by atoms with Gasteiger partial charge in [0.2, 0.25) is 0 Å². The molecule has 0 aromatic carbocycles. The Labute approximate surface area is 81.8 Å². The van der Waals surface area contributed by atoms with Gasteiger partial charge < -0.3 is 10.5 Å². The molecule has 2 heteroatoms. The van der Waals surface area contributed by atoms with Crippen molar-refractivity contribution in [3.05, 3.63) is 0 Å². The van der Waals surface area contributed by atoms with Crippen LogP contribution in [0.25, 0.3) is 0 Å². The fraction of sp³-hybridized carbons (Fsp3) is 1.00. The van der Waals surface area contributed by atoms with Crippen molar-refractivity contribution >= 4 is 0 Å². The zero-order chi connectivity index (χ0) is 9.68.